The van der Waals surface area contributed by atoms with Crippen LogP contribution in [-0.2, 0) is 0 Å². The first-order chi connectivity index (χ1) is 14.0. The molecule has 0 saturated carbocycles. The molecule has 0 aromatic heterocycles. The maximum Gasteiger partial charge on any atom is 0.123 e. The SMILES string of the molecule is COc1ccc(C)cc1C(CCCO)SC(CCCO)c1cc(C)ccc1OC. The highest BCUT2D eigenvalue weighted by atomic mass is 32.2. The summed E-state index contributed by atoms with van der Waals surface area (Å²) >= 11 is 1.87. The average Bonchev–Trinajstić information content (AvgIpc) is 2.73. The molecule has 2 aromatic rings. The lowest BCUT2D eigenvalue weighted by Gasteiger charge is -2.27. The van der Waals surface area contributed by atoms with Gasteiger partial charge in [-0.3, -0.25) is 0 Å². The fourth-order valence-corrected chi connectivity index (χ4v) is 5.22. The van der Waals surface area contributed by atoms with Gasteiger partial charge in [0.2, 0.25) is 0 Å². The van der Waals surface area contributed by atoms with Crippen LogP contribution >= 0.6 is 11.8 Å². The zero-order valence-electron chi connectivity index (χ0n) is 18.0. The molecule has 5 heteroatoms. The third-order valence-corrected chi connectivity index (χ3v) is 6.68. The average molecular weight is 419 g/mol. The standard InChI is InChI=1S/C24H34O4S/c1-17-9-11-21(27-3)19(15-17)23(7-5-13-25)29-24(8-6-14-26)20-16-18(2)10-12-22(20)28-4/h9-12,15-16,23-26H,5-8,13-14H2,1-4H3. The molecule has 2 aromatic carbocycles. The third kappa shape index (κ3) is 6.66. The first-order valence-corrected chi connectivity index (χ1v) is 11.1. The molecule has 2 rings (SSSR count). The molecule has 0 amide bonds. The number of hydrogen-bond donors (Lipinski definition) is 2. The Balaban J connectivity index is 2.43. The van der Waals surface area contributed by atoms with Gasteiger partial charge in [0.15, 0.2) is 0 Å². The summed E-state index contributed by atoms with van der Waals surface area (Å²) in [5.74, 6) is 1.76. The lowest BCUT2D eigenvalue weighted by molar-refractivity contribution is 0.283. The maximum absolute atomic E-state index is 9.46. The van der Waals surface area contributed by atoms with Crippen molar-refractivity contribution in [3.8, 4) is 11.5 Å². The minimum Gasteiger partial charge on any atom is -0.496 e. The number of rotatable bonds is 12. The van der Waals surface area contributed by atoms with Crippen molar-refractivity contribution in [3.05, 3.63) is 58.7 Å². The number of aliphatic hydroxyl groups is 2. The van der Waals surface area contributed by atoms with E-state index in [2.05, 4.69) is 38.1 Å². The van der Waals surface area contributed by atoms with E-state index in [1.54, 1.807) is 14.2 Å². The van der Waals surface area contributed by atoms with E-state index in [4.69, 9.17) is 9.47 Å². The zero-order chi connectivity index (χ0) is 21.2. The van der Waals surface area contributed by atoms with Crippen LogP contribution in [0.15, 0.2) is 36.4 Å². The predicted molar refractivity (Wildman–Crippen MR) is 121 cm³/mol. The van der Waals surface area contributed by atoms with E-state index >= 15 is 0 Å². The van der Waals surface area contributed by atoms with Crippen LogP contribution in [0.4, 0.5) is 0 Å². The summed E-state index contributed by atoms with van der Waals surface area (Å²) < 4.78 is 11.3. The first kappa shape index (κ1) is 23.6. The minimum absolute atomic E-state index is 0.167. The van der Waals surface area contributed by atoms with Gasteiger partial charge in [-0.1, -0.05) is 35.4 Å². The van der Waals surface area contributed by atoms with Gasteiger partial charge < -0.3 is 19.7 Å². The van der Waals surface area contributed by atoms with E-state index < -0.39 is 0 Å². The summed E-state index contributed by atoms with van der Waals surface area (Å²) in [6.45, 7) is 4.51. The van der Waals surface area contributed by atoms with Crippen molar-refractivity contribution in [3.63, 3.8) is 0 Å². The van der Waals surface area contributed by atoms with Crippen LogP contribution in [0.3, 0.4) is 0 Å². The smallest absolute Gasteiger partial charge is 0.123 e. The van der Waals surface area contributed by atoms with Crippen LogP contribution in [0.1, 0.15) is 58.4 Å². The molecular formula is C24H34O4S. The Morgan fingerprint density at radius 3 is 1.52 bits per heavy atom. The Morgan fingerprint density at radius 1 is 0.759 bits per heavy atom. The highest BCUT2D eigenvalue weighted by molar-refractivity contribution is 7.99. The Bertz CT molecular complexity index is 699. The Labute approximate surface area is 179 Å². The molecule has 0 heterocycles. The van der Waals surface area contributed by atoms with Gasteiger partial charge in [-0.05, 0) is 51.7 Å². The number of methoxy groups -OCH3 is 2. The molecule has 0 radical (unpaired) electrons. The van der Waals surface area contributed by atoms with Crippen molar-refractivity contribution >= 4 is 11.8 Å². The molecule has 160 valence electrons. The second-order valence-electron chi connectivity index (χ2n) is 7.34. The Morgan fingerprint density at radius 2 is 1.17 bits per heavy atom. The van der Waals surface area contributed by atoms with Crippen molar-refractivity contribution in [1.82, 2.24) is 0 Å². The fraction of sp³-hybridized carbons (Fsp3) is 0.500. The molecule has 0 aliphatic heterocycles. The molecule has 0 bridgehead atoms. The van der Waals surface area contributed by atoms with Crippen LogP contribution in [0.25, 0.3) is 0 Å². The van der Waals surface area contributed by atoms with E-state index in [1.807, 2.05) is 23.9 Å². The van der Waals surface area contributed by atoms with Crippen molar-refractivity contribution in [2.24, 2.45) is 0 Å². The second-order valence-corrected chi connectivity index (χ2v) is 8.75. The van der Waals surface area contributed by atoms with Crippen LogP contribution < -0.4 is 9.47 Å². The summed E-state index contributed by atoms with van der Waals surface area (Å²) in [5.41, 5.74) is 4.70. The van der Waals surface area contributed by atoms with Crippen molar-refractivity contribution in [2.75, 3.05) is 27.4 Å². The van der Waals surface area contributed by atoms with Gasteiger partial charge in [0.25, 0.3) is 0 Å². The molecule has 0 fully saturated rings. The van der Waals surface area contributed by atoms with Crippen LogP contribution in [0.5, 0.6) is 11.5 Å². The number of aliphatic hydroxyl groups excluding tert-OH is 2. The monoisotopic (exact) mass is 418 g/mol. The van der Waals surface area contributed by atoms with E-state index in [1.165, 1.54) is 11.1 Å². The molecule has 0 saturated heterocycles. The number of ether oxygens (including phenoxy) is 2. The number of aryl methyl sites for hydroxylation is 2. The summed E-state index contributed by atoms with van der Waals surface area (Å²) in [5, 5.41) is 19.3. The molecular weight excluding hydrogens is 384 g/mol. The quantitative estimate of drug-likeness (QED) is 0.484. The van der Waals surface area contributed by atoms with Crippen LogP contribution in [0.2, 0.25) is 0 Å². The molecule has 0 spiro atoms. The lowest BCUT2D eigenvalue weighted by Crippen LogP contribution is -2.06. The van der Waals surface area contributed by atoms with Gasteiger partial charge in [-0.15, -0.1) is 11.8 Å². The van der Waals surface area contributed by atoms with Gasteiger partial charge in [0.05, 0.1) is 14.2 Å². The van der Waals surface area contributed by atoms with Crippen LogP contribution in [0, 0.1) is 13.8 Å². The number of benzene rings is 2. The summed E-state index contributed by atoms with van der Waals surface area (Å²) in [6, 6.07) is 12.5. The molecule has 2 atom stereocenters. The molecule has 2 N–H and O–H groups in total. The van der Waals surface area contributed by atoms with Gasteiger partial charge in [0, 0.05) is 34.8 Å². The summed E-state index contributed by atoms with van der Waals surface area (Å²) in [7, 11) is 3.41. The van der Waals surface area contributed by atoms with Gasteiger partial charge >= 0.3 is 0 Å². The van der Waals surface area contributed by atoms with Gasteiger partial charge in [-0.25, -0.2) is 0 Å². The topological polar surface area (TPSA) is 58.9 Å². The highest BCUT2D eigenvalue weighted by Crippen LogP contribution is 2.49. The van der Waals surface area contributed by atoms with Crippen molar-refractivity contribution < 1.29 is 19.7 Å². The van der Waals surface area contributed by atoms with E-state index in [9.17, 15) is 10.2 Å². The molecule has 2 unspecified atom stereocenters. The third-order valence-electron chi connectivity index (χ3n) is 5.04. The summed E-state index contributed by atoms with van der Waals surface area (Å²) in [4.78, 5) is 0. The van der Waals surface area contributed by atoms with E-state index in [0.717, 1.165) is 48.3 Å². The van der Waals surface area contributed by atoms with Crippen LogP contribution in [-0.4, -0.2) is 37.6 Å². The molecule has 29 heavy (non-hydrogen) atoms. The normalized spacial score (nSPS) is 13.2. The molecule has 0 aliphatic rings. The zero-order valence-corrected chi connectivity index (χ0v) is 18.8. The van der Waals surface area contributed by atoms with E-state index in [-0.39, 0.29) is 23.7 Å². The largest absolute Gasteiger partial charge is 0.496 e. The van der Waals surface area contributed by atoms with Crippen molar-refractivity contribution in [2.45, 2.75) is 50.0 Å². The lowest BCUT2D eigenvalue weighted by atomic mass is 10.0. The first-order valence-electron chi connectivity index (χ1n) is 10.2. The molecule has 0 aliphatic carbocycles. The predicted octanol–water partition coefficient (Wildman–Crippen LogP) is 5.38. The second kappa shape index (κ2) is 12.1. The van der Waals surface area contributed by atoms with E-state index in [0.29, 0.717) is 0 Å². The Hall–Kier alpha value is -1.69. The Kier molecular flexibility index (Phi) is 9.85. The van der Waals surface area contributed by atoms with Gasteiger partial charge in [-0.2, -0.15) is 0 Å². The maximum atomic E-state index is 9.46. The summed E-state index contributed by atoms with van der Waals surface area (Å²) in [6.07, 6.45) is 3.16. The highest BCUT2D eigenvalue weighted by Gasteiger charge is 2.25. The molecule has 4 nitrogen and oxygen atoms in total. The number of hydrogen-bond acceptors (Lipinski definition) is 5. The minimum atomic E-state index is 0.167. The number of thioether (sulfide) groups is 1. The van der Waals surface area contributed by atoms with Gasteiger partial charge in [0.1, 0.15) is 11.5 Å². The van der Waals surface area contributed by atoms with Crippen molar-refractivity contribution in [1.29, 1.82) is 0 Å². The fourth-order valence-electron chi connectivity index (χ4n) is 3.56.